The molecule has 0 saturated carbocycles. The Bertz CT molecular complexity index is 507. The number of rotatable bonds is 4. The van der Waals surface area contributed by atoms with Crippen LogP contribution in [0.15, 0.2) is 18.2 Å². The Balaban J connectivity index is 2.10. The number of hydrogen-bond acceptors (Lipinski definition) is 4. The molecule has 2 atom stereocenters. The summed E-state index contributed by atoms with van der Waals surface area (Å²) in [5.41, 5.74) is 7.69. The number of benzene rings is 1. The van der Waals surface area contributed by atoms with E-state index in [9.17, 15) is 0 Å². The molecule has 1 fully saturated rings. The van der Waals surface area contributed by atoms with E-state index < -0.39 is 0 Å². The maximum absolute atomic E-state index is 5.60. The summed E-state index contributed by atoms with van der Waals surface area (Å²) in [5.74, 6) is 7.85. The van der Waals surface area contributed by atoms with Crippen LogP contribution in [0.25, 0.3) is 0 Å². The molecule has 20 heavy (non-hydrogen) atoms. The molecule has 0 aromatic heterocycles. The Morgan fingerprint density at radius 3 is 3.00 bits per heavy atom. The summed E-state index contributed by atoms with van der Waals surface area (Å²) in [6.45, 7) is 3.40. The highest BCUT2D eigenvalue weighted by molar-refractivity contribution is 7.99. The minimum atomic E-state index is 0.337. The zero-order valence-electron chi connectivity index (χ0n) is 12.0. The molecule has 0 bridgehead atoms. The quantitative estimate of drug-likeness (QED) is 0.865. The number of ether oxygens (including phenoxy) is 2. The lowest BCUT2D eigenvalue weighted by atomic mass is 10.1. The topological polar surface area (TPSA) is 44.5 Å². The fourth-order valence-corrected chi connectivity index (χ4v) is 3.46. The van der Waals surface area contributed by atoms with E-state index in [0.717, 1.165) is 30.1 Å². The van der Waals surface area contributed by atoms with Crippen LogP contribution in [0, 0.1) is 11.8 Å². The standard InChI is InChI=1S/C16H21NO2S/c1-12-16(7-9-19-12)20-11-14-10-15(18-2)6-5-13(14)4-3-8-17/h5-6,10,12,16H,7-9,11,17H2,1-2H3. The van der Waals surface area contributed by atoms with E-state index in [-0.39, 0.29) is 0 Å². The third-order valence-electron chi connectivity index (χ3n) is 3.40. The highest BCUT2D eigenvalue weighted by Crippen LogP contribution is 2.30. The van der Waals surface area contributed by atoms with Crippen molar-refractivity contribution in [3.8, 4) is 17.6 Å². The molecule has 3 nitrogen and oxygen atoms in total. The molecule has 0 amide bonds. The summed E-state index contributed by atoms with van der Waals surface area (Å²) in [6, 6.07) is 6.01. The lowest BCUT2D eigenvalue weighted by molar-refractivity contribution is 0.127. The summed E-state index contributed by atoms with van der Waals surface area (Å²) in [6.07, 6.45) is 1.46. The second-order valence-corrected chi connectivity index (χ2v) is 5.97. The van der Waals surface area contributed by atoms with Crippen molar-refractivity contribution in [3.05, 3.63) is 29.3 Å². The van der Waals surface area contributed by atoms with Crippen LogP contribution in [0.5, 0.6) is 5.75 Å². The second kappa shape index (κ2) is 7.58. The smallest absolute Gasteiger partial charge is 0.119 e. The molecule has 0 spiro atoms. The first-order valence-corrected chi connectivity index (χ1v) is 7.88. The van der Waals surface area contributed by atoms with E-state index in [1.807, 2.05) is 23.9 Å². The first-order valence-electron chi connectivity index (χ1n) is 6.83. The van der Waals surface area contributed by atoms with Crippen LogP contribution in [-0.2, 0) is 10.5 Å². The summed E-state index contributed by atoms with van der Waals surface area (Å²) in [4.78, 5) is 0. The first-order chi connectivity index (χ1) is 9.74. The van der Waals surface area contributed by atoms with Crippen LogP contribution in [0.3, 0.4) is 0 Å². The molecule has 108 valence electrons. The van der Waals surface area contributed by atoms with Crippen molar-refractivity contribution in [1.29, 1.82) is 0 Å². The summed E-state index contributed by atoms with van der Waals surface area (Å²) >= 11 is 1.93. The van der Waals surface area contributed by atoms with Gasteiger partial charge in [-0.25, -0.2) is 0 Å². The van der Waals surface area contributed by atoms with Crippen molar-refractivity contribution in [2.24, 2.45) is 5.73 Å². The molecule has 1 aliphatic heterocycles. The van der Waals surface area contributed by atoms with Gasteiger partial charge in [0, 0.05) is 23.2 Å². The molecule has 4 heteroatoms. The molecule has 2 unspecified atom stereocenters. The molecule has 2 rings (SSSR count). The number of hydrogen-bond donors (Lipinski definition) is 1. The van der Waals surface area contributed by atoms with Gasteiger partial charge in [0.1, 0.15) is 5.75 Å². The Morgan fingerprint density at radius 2 is 2.35 bits per heavy atom. The maximum atomic E-state index is 5.60. The Kier molecular flexibility index (Phi) is 5.78. The fourth-order valence-electron chi connectivity index (χ4n) is 2.21. The van der Waals surface area contributed by atoms with Crippen molar-refractivity contribution in [3.63, 3.8) is 0 Å². The van der Waals surface area contributed by atoms with Crippen LogP contribution in [0.2, 0.25) is 0 Å². The average Bonchev–Trinajstić information content (AvgIpc) is 2.88. The van der Waals surface area contributed by atoms with Crippen molar-refractivity contribution >= 4 is 11.8 Å². The molecule has 1 aromatic carbocycles. The highest BCUT2D eigenvalue weighted by Gasteiger charge is 2.24. The molecule has 0 radical (unpaired) electrons. The summed E-state index contributed by atoms with van der Waals surface area (Å²) in [5, 5.41) is 0.566. The minimum Gasteiger partial charge on any atom is -0.497 e. The van der Waals surface area contributed by atoms with Gasteiger partial charge < -0.3 is 15.2 Å². The molecule has 1 heterocycles. The van der Waals surface area contributed by atoms with Crippen LogP contribution in [0.4, 0.5) is 0 Å². The van der Waals surface area contributed by atoms with Gasteiger partial charge in [0.2, 0.25) is 0 Å². The van der Waals surface area contributed by atoms with Gasteiger partial charge in [0.25, 0.3) is 0 Å². The lowest BCUT2D eigenvalue weighted by Crippen LogP contribution is -2.13. The number of methoxy groups -OCH3 is 1. The van der Waals surface area contributed by atoms with Gasteiger partial charge >= 0.3 is 0 Å². The van der Waals surface area contributed by atoms with Crippen LogP contribution in [-0.4, -0.2) is 31.6 Å². The fraction of sp³-hybridized carbons (Fsp3) is 0.500. The van der Waals surface area contributed by atoms with Gasteiger partial charge in [-0.1, -0.05) is 11.8 Å². The predicted octanol–water partition coefficient (Wildman–Crippen LogP) is 2.42. The molecule has 1 aromatic rings. The predicted molar refractivity (Wildman–Crippen MR) is 84.0 cm³/mol. The molecule has 2 N–H and O–H groups in total. The van der Waals surface area contributed by atoms with Gasteiger partial charge in [-0.15, -0.1) is 0 Å². The Labute approximate surface area is 125 Å². The van der Waals surface area contributed by atoms with Crippen LogP contribution >= 0.6 is 11.8 Å². The van der Waals surface area contributed by atoms with E-state index >= 15 is 0 Å². The van der Waals surface area contributed by atoms with Gasteiger partial charge in [0.05, 0.1) is 19.8 Å². The van der Waals surface area contributed by atoms with E-state index in [1.54, 1.807) is 7.11 Å². The second-order valence-electron chi connectivity index (χ2n) is 4.74. The van der Waals surface area contributed by atoms with E-state index in [0.29, 0.717) is 17.9 Å². The van der Waals surface area contributed by atoms with Gasteiger partial charge in [-0.3, -0.25) is 0 Å². The summed E-state index contributed by atoms with van der Waals surface area (Å²) in [7, 11) is 1.68. The van der Waals surface area contributed by atoms with E-state index in [2.05, 4.69) is 24.8 Å². The molecular weight excluding hydrogens is 270 g/mol. The van der Waals surface area contributed by atoms with Gasteiger partial charge in [0.15, 0.2) is 0 Å². The van der Waals surface area contributed by atoms with E-state index in [1.165, 1.54) is 5.56 Å². The zero-order chi connectivity index (χ0) is 14.4. The van der Waals surface area contributed by atoms with Crippen molar-refractivity contribution in [1.82, 2.24) is 0 Å². The largest absolute Gasteiger partial charge is 0.497 e. The van der Waals surface area contributed by atoms with Gasteiger partial charge in [-0.05, 0) is 37.1 Å². The van der Waals surface area contributed by atoms with Crippen molar-refractivity contribution in [2.45, 2.75) is 30.5 Å². The van der Waals surface area contributed by atoms with Gasteiger partial charge in [-0.2, -0.15) is 11.8 Å². The molecular formula is C16H21NO2S. The average molecular weight is 291 g/mol. The Morgan fingerprint density at radius 1 is 1.50 bits per heavy atom. The third kappa shape index (κ3) is 3.92. The summed E-state index contributed by atoms with van der Waals surface area (Å²) < 4.78 is 10.9. The number of thioether (sulfide) groups is 1. The first kappa shape index (κ1) is 15.2. The number of nitrogens with two attached hydrogens (primary N) is 1. The van der Waals surface area contributed by atoms with Crippen molar-refractivity contribution < 1.29 is 9.47 Å². The SMILES string of the molecule is COc1ccc(C#CCN)c(CSC2CCOC2C)c1. The third-order valence-corrected chi connectivity index (χ3v) is 4.92. The maximum Gasteiger partial charge on any atom is 0.119 e. The monoisotopic (exact) mass is 291 g/mol. The Hall–Kier alpha value is -1.15. The zero-order valence-corrected chi connectivity index (χ0v) is 12.8. The highest BCUT2D eigenvalue weighted by atomic mass is 32.2. The van der Waals surface area contributed by atoms with Crippen LogP contribution < -0.4 is 10.5 Å². The van der Waals surface area contributed by atoms with Crippen molar-refractivity contribution in [2.75, 3.05) is 20.3 Å². The van der Waals surface area contributed by atoms with Crippen LogP contribution in [0.1, 0.15) is 24.5 Å². The minimum absolute atomic E-state index is 0.337. The van der Waals surface area contributed by atoms with E-state index in [4.69, 9.17) is 15.2 Å². The molecule has 1 saturated heterocycles. The molecule has 1 aliphatic rings. The molecule has 0 aliphatic carbocycles. The lowest BCUT2D eigenvalue weighted by Gasteiger charge is -2.14. The normalized spacial score (nSPS) is 21.4.